The van der Waals surface area contributed by atoms with Crippen LogP contribution in [0.5, 0.6) is 0 Å². The number of aryl methyl sites for hydroxylation is 3. The summed E-state index contributed by atoms with van der Waals surface area (Å²) in [6, 6.07) is 23.4. The van der Waals surface area contributed by atoms with Gasteiger partial charge in [-0.25, -0.2) is 4.98 Å². The third-order valence-electron chi connectivity index (χ3n) is 8.85. The highest BCUT2D eigenvalue weighted by Gasteiger charge is 2.35. The molecule has 0 spiro atoms. The third kappa shape index (κ3) is 6.43. The Morgan fingerprint density at radius 3 is 2.33 bits per heavy atom. The molecule has 46 heavy (non-hydrogen) atoms. The van der Waals surface area contributed by atoms with E-state index in [2.05, 4.69) is 48.9 Å². The van der Waals surface area contributed by atoms with Crippen molar-refractivity contribution >= 4 is 29.0 Å². The van der Waals surface area contributed by atoms with Crippen LogP contribution in [-0.4, -0.2) is 41.5 Å². The fraction of sp³-hybridized carbons (Fsp3) is 0.237. The molecule has 0 saturated carbocycles. The van der Waals surface area contributed by atoms with Gasteiger partial charge in [0.05, 0.1) is 5.69 Å². The molecule has 1 saturated heterocycles. The molecule has 0 bridgehead atoms. The van der Waals surface area contributed by atoms with Crippen LogP contribution in [0.15, 0.2) is 103 Å². The molecule has 8 nitrogen and oxygen atoms in total. The number of amides is 2. The maximum absolute atomic E-state index is 13.8. The van der Waals surface area contributed by atoms with Crippen molar-refractivity contribution in [2.75, 3.05) is 35.7 Å². The van der Waals surface area contributed by atoms with E-state index in [0.29, 0.717) is 48.7 Å². The number of hydrogen-bond donors (Lipinski definition) is 2. The lowest BCUT2D eigenvalue weighted by molar-refractivity contribution is -0.120. The first-order valence-electron chi connectivity index (χ1n) is 15.6. The normalized spacial score (nSPS) is 15.6. The summed E-state index contributed by atoms with van der Waals surface area (Å²) >= 11 is 0. The van der Waals surface area contributed by atoms with E-state index in [1.165, 1.54) is 16.0 Å². The van der Waals surface area contributed by atoms with Gasteiger partial charge in [-0.3, -0.25) is 14.5 Å². The summed E-state index contributed by atoms with van der Waals surface area (Å²) in [5.41, 5.74) is 14.8. The molecule has 0 atom stereocenters. The lowest BCUT2D eigenvalue weighted by atomic mass is 9.98. The lowest BCUT2D eigenvalue weighted by Crippen LogP contribution is -2.46. The monoisotopic (exact) mass is 613 g/mol. The number of benzene rings is 3. The standard InChI is InChI=1S/C38H39N5O3/c1-24-5-13-33(14-6-24)43-27(4)42(22-28-15-17-46-18-16-28)23-35(38(43)45)37(44)41-32-11-9-29(10-12-32)34-20-31(21-40-36(34)39)30-8-7-25(2)26(3)19-30/h5-14,19-21,23,28H,4,15-18,22H2,1-3H3,(H2,39,40)(H,41,44). The highest BCUT2D eigenvalue weighted by molar-refractivity contribution is 6.28. The second-order valence-corrected chi connectivity index (χ2v) is 12.1. The predicted octanol–water partition coefficient (Wildman–Crippen LogP) is 6.99. The fourth-order valence-electron chi connectivity index (χ4n) is 5.85. The van der Waals surface area contributed by atoms with E-state index < -0.39 is 11.8 Å². The number of nitrogens with zero attached hydrogens (tertiary/aromatic N) is 3. The smallest absolute Gasteiger partial charge is 0.271 e. The van der Waals surface area contributed by atoms with E-state index in [1.807, 2.05) is 54.3 Å². The summed E-state index contributed by atoms with van der Waals surface area (Å²) in [7, 11) is 0. The van der Waals surface area contributed by atoms with Crippen molar-refractivity contribution in [3.63, 3.8) is 0 Å². The van der Waals surface area contributed by atoms with Gasteiger partial charge in [0.2, 0.25) is 0 Å². The Balaban J connectivity index is 1.24. The van der Waals surface area contributed by atoms with Gasteiger partial charge in [0, 0.05) is 49.0 Å². The first-order chi connectivity index (χ1) is 22.2. The number of nitrogen functional groups attached to an aromatic ring is 1. The minimum Gasteiger partial charge on any atom is -0.383 e. The molecule has 0 aliphatic carbocycles. The molecule has 2 aliphatic rings. The van der Waals surface area contributed by atoms with Gasteiger partial charge < -0.3 is 20.7 Å². The lowest BCUT2D eigenvalue weighted by Gasteiger charge is -2.38. The van der Waals surface area contributed by atoms with Crippen LogP contribution in [0.3, 0.4) is 0 Å². The molecular weight excluding hydrogens is 574 g/mol. The molecule has 3 aromatic carbocycles. The summed E-state index contributed by atoms with van der Waals surface area (Å²) < 4.78 is 5.54. The number of carbonyl (C=O) groups excluding carboxylic acids is 2. The summed E-state index contributed by atoms with van der Waals surface area (Å²) in [6.07, 6.45) is 5.25. The van der Waals surface area contributed by atoms with Crippen LogP contribution in [0.4, 0.5) is 17.2 Å². The van der Waals surface area contributed by atoms with Gasteiger partial charge in [0.25, 0.3) is 11.8 Å². The van der Waals surface area contributed by atoms with E-state index in [-0.39, 0.29) is 5.57 Å². The van der Waals surface area contributed by atoms with Crippen LogP contribution in [-0.2, 0) is 14.3 Å². The van der Waals surface area contributed by atoms with Crippen LogP contribution >= 0.6 is 0 Å². The van der Waals surface area contributed by atoms with Crippen LogP contribution in [0.2, 0.25) is 0 Å². The largest absolute Gasteiger partial charge is 0.383 e. The quantitative estimate of drug-likeness (QED) is 0.218. The molecule has 6 rings (SSSR count). The molecule has 8 heteroatoms. The van der Waals surface area contributed by atoms with E-state index >= 15 is 0 Å². The van der Waals surface area contributed by atoms with Gasteiger partial charge in [-0.1, -0.05) is 54.6 Å². The maximum Gasteiger partial charge on any atom is 0.271 e. The number of pyridine rings is 1. The second kappa shape index (κ2) is 13.0. The Morgan fingerprint density at radius 2 is 1.63 bits per heavy atom. The molecule has 4 aromatic rings. The van der Waals surface area contributed by atoms with Crippen LogP contribution in [0, 0.1) is 26.7 Å². The van der Waals surface area contributed by atoms with Gasteiger partial charge in [-0.05, 0) is 92.1 Å². The minimum absolute atomic E-state index is 0.0404. The number of nitrogens with two attached hydrogens (primary N) is 1. The van der Waals surface area contributed by atoms with E-state index in [0.717, 1.165) is 40.7 Å². The molecular formula is C38H39N5O3. The molecule has 234 valence electrons. The van der Waals surface area contributed by atoms with Gasteiger partial charge >= 0.3 is 0 Å². The van der Waals surface area contributed by atoms with Crippen molar-refractivity contribution in [2.45, 2.75) is 33.6 Å². The zero-order valence-electron chi connectivity index (χ0n) is 26.5. The van der Waals surface area contributed by atoms with Gasteiger partial charge in [-0.2, -0.15) is 0 Å². The Kier molecular flexibility index (Phi) is 8.72. The van der Waals surface area contributed by atoms with Gasteiger partial charge in [-0.15, -0.1) is 0 Å². The molecule has 2 aliphatic heterocycles. The second-order valence-electron chi connectivity index (χ2n) is 12.1. The molecule has 2 amide bonds. The number of aromatic nitrogens is 1. The zero-order valence-corrected chi connectivity index (χ0v) is 26.5. The molecule has 1 aromatic heterocycles. The number of rotatable bonds is 7. The Morgan fingerprint density at radius 1 is 0.935 bits per heavy atom. The van der Waals surface area contributed by atoms with Crippen molar-refractivity contribution in [3.05, 3.63) is 120 Å². The maximum atomic E-state index is 13.8. The number of nitrogens with one attached hydrogen (secondary N) is 1. The van der Waals surface area contributed by atoms with Gasteiger partial charge in [0.15, 0.2) is 0 Å². The third-order valence-corrected chi connectivity index (χ3v) is 8.85. The number of anilines is 3. The molecule has 1 fully saturated rings. The Bertz CT molecular complexity index is 1820. The van der Waals surface area contributed by atoms with Crippen molar-refractivity contribution in [1.29, 1.82) is 0 Å². The predicted molar refractivity (Wildman–Crippen MR) is 184 cm³/mol. The fourth-order valence-corrected chi connectivity index (χ4v) is 5.85. The van der Waals surface area contributed by atoms with Crippen LogP contribution < -0.4 is 16.0 Å². The highest BCUT2D eigenvalue weighted by Crippen LogP contribution is 2.33. The Labute approximate surface area is 270 Å². The van der Waals surface area contributed by atoms with Crippen molar-refractivity contribution in [2.24, 2.45) is 5.92 Å². The van der Waals surface area contributed by atoms with Gasteiger partial charge in [0.1, 0.15) is 17.2 Å². The topological polar surface area (TPSA) is 101 Å². The number of carbonyl (C=O) groups is 2. The van der Waals surface area contributed by atoms with Crippen LogP contribution in [0.25, 0.3) is 22.3 Å². The average molecular weight is 614 g/mol. The SMILES string of the molecule is C=C1N(CC2CCOCC2)C=C(C(=O)Nc2ccc(-c3cc(-c4ccc(C)c(C)c4)cnc3N)cc2)C(=O)N1c1ccc(C)cc1. The average Bonchev–Trinajstić information content (AvgIpc) is 3.06. The Hall–Kier alpha value is -5.21. The minimum atomic E-state index is -0.489. The van der Waals surface area contributed by atoms with E-state index in [1.54, 1.807) is 24.5 Å². The first kappa shape index (κ1) is 30.8. The zero-order chi connectivity index (χ0) is 32.4. The molecule has 0 unspecified atom stereocenters. The summed E-state index contributed by atoms with van der Waals surface area (Å²) in [4.78, 5) is 35.4. The molecule has 3 heterocycles. The molecule has 3 N–H and O–H groups in total. The summed E-state index contributed by atoms with van der Waals surface area (Å²) in [6.45, 7) is 12.5. The molecule has 0 radical (unpaired) electrons. The highest BCUT2D eigenvalue weighted by atomic mass is 16.5. The van der Waals surface area contributed by atoms with Crippen molar-refractivity contribution < 1.29 is 14.3 Å². The number of hydrogen-bond acceptors (Lipinski definition) is 6. The van der Waals surface area contributed by atoms with E-state index in [4.69, 9.17) is 10.5 Å². The summed E-state index contributed by atoms with van der Waals surface area (Å²) in [5, 5.41) is 2.93. The van der Waals surface area contributed by atoms with E-state index in [9.17, 15) is 9.59 Å². The summed E-state index contributed by atoms with van der Waals surface area (Å²) in [5.74, 6) is 0.395. The first-order valence-corrected chi connectivity index (χ1v) is 15.6. The number of ether oxygens (including phenoxy) is 1. The van der Waals surface area contributed by atoms with Crippen molar-refractivity contribution in [1.82, 2.24) is 9.88 Å². The van der Waals surface area contributed by atoms with Crippen molar-refractivity contribution in [3.8, 4) is 22.3 Å². The van der Waals surface area contributed by atoms with Crippen LogP contribution in [0.1, 0.15) is 29.5 Å².